The molecule has 178 valence electrons. The summed E-state index contributed by atoms with van der Waals surface area (Å²) in [7, 11) is 1.37. The zero-order valence-corrected chi connectivity index (χ0v) is 18.7. The van der Waals surface area contributed by atoms with E-state index in [9.17, 15) is 29.3 Å². The largest absolute Gasteiger partial charge is 0.493 e. The standard InChI is InChI=1S/C21H19ClN4O8/c1-11(27)34-15-8-3-12(9-16(15)33-2)20-19(22)21(30)25(20)24-18(29)10-17(28)23-13-4-6-14(7-5-13)26(31)32/h3-9,19-20H,10H2,1-2H3,(H,23,28)(H,24,29)/t19-,20+/m0/s1. The number of rotatable bonds is 8. The first-order chi connectivity index (χ1) is 16.1. The zero-order valence-electron chi connectivity index (χ0n) is 17.9. The number of amides is 3. The van der Waals surface area contributed by atoms with Crippen LogP contribution in [0.1, 0.15) is 24.9 Å². The molecule has 12 nitrogen and oxygen atoms in total. The molecule has 0 aromatic heterocycles. The Morgan fingerprint density at radius 3 is 2.38 bits per heavy atom. The number of nitrogens with zero attached hydrogens (tertiary/aromatic N) is 2. The minimum atomic E-state index is -0.974. The van der Waals surface area contributed by atoms with Crippen LogP contribution in [0.2, 0.25) is 0 Å². The van der Waals surface area contributed by atoms with Crippen molar-refractivity contribution in [3.05, 3.63) is 58.1 Å². The van der Waals surface area contributed by atoms with Gasteiger partial charge in [-0.3, -0.25) is 34.7 Å². The van der Waals surface area contributed by atoms with Crippen LogP contribution in [0.4, 0.5) is 11.4 Å². The molecule has 0 radical (unpaired) electrons. The van der Waals surface area contributed by atoms with Gasteiger partial charge in [-0.25, -0.2) is 5.01 Å². The van der Waals surface area contributed by atoms with Crippen LogP contribution in [0.5, 0.6) is 11.5 Å². The van der Waals surface area contributed by atoms with Gasteiger partial charge in [0.05, 0.1) is 12.0 Å². The van der Waals surface area contributed by atoms with E-state index in [-0.39, 0.29) is 22.9 Å². The molecule has 0 unspecified atom stereocenters. The maximum absolute atomic E-state index is 12.3. The molecule has 13 heteroatoms. The van der Waals surface area contributed by atoms with Gasteiger partial charge in [0.25, 0.3) is 11.6 Å². The molecule has 2 atom stereocenters. The normalized spacial score (nSPS) is 16.8. The lowest BCUT2D eigenvalue weighted by atomic mass is 9.95. The average Bonchev–Trinajstić information content (AvgIpc) is 2.79. The molecular weight excluding hydrogens is 472 g/mol. The molecule has 0 aliphatic carbocycles. The molecule has 1 aliphatic rings. The molecule has 3 amide bonds. The van der Waals surface area contributed by atoms with E-state index in [4.69, 9.17) is 21.1 Å². The van der Waals surface area contributed by atoms with Gasteiger partial charge in [0.15, 0.2) is 11.5 Å². The molecule has 1 fully saturated rings. The number of hydrogen-bond donors (Lipinski definition) is 2. The fourth-order valence-corrected chi connectivity index (χ4v) is 3.56. The van der Waals surface area contributed by atoms with E-state index < -0.39 is 46.5 Å². The number of benzene rings is 2. The Balaban J connectivity index is 1.64. The lowest BCUT2D eigenvalue weighted by Gasteiger charge is -2.44. The van der Waals surface area contributed by atoms with Gasteiger partial charge in [-0.2, -0.15) is 0 Å². The van der Waals surface area contributed by atoms with Crippen molar-refractivity contribution in [3.63, 3.8) is 0 Å². The fraction of sp³-hybridized carbons (Fsp3) is 0.238. The number of nitrogens with one attached hydrogen (secondary N) is 2. The Morgan fingerprint density at radius 2 is 1.79 bits per heavy atom. The Bertz CT molecular complexity index is 1150. The van der Waals surface area contributed by atoms with E-state index in [1.54, 1.807) is 6.07 Å². The second-order valence-corrected chi connectivity index (χ2v) is 7.59. The summed E-state index contributed by atoms with van der Waals surface area (Å²) in [6, 6.07) is 8.87. The highest BCUT2D eigenvalue weighted by molar-refractivity contribution is 6.33. The highest BCUT2D eigenvalue weighted by atomic mass is 35.5. The summed E-state index contributed by atoms with van der Waals surface area (Å²) in [4.78, 5) is 58.0. The van der Waals surface area contributed by atoms with Crippen LogP contribution in [-0.2, 0) is 19.2 Å². The van der Waals surface area contributed by atoms with Crippen molar-refractivity contribution in [3.8, 4) is 11.5 Å². The fourth-order valence-electron chi connectivity index (χ4n) is 3.20. The number of halogens is 1. The summed E-state index contributed by atoms with van der Waals surface area (Å²) >= 11 is 6.15. The Hall–Kier alpha value is -4.19. The average molecular weight is 491 g/mol. The van der Waals surface area contributed by atoms with Gasteiger partial charge in [0.1, 0.15) is 17.8 Å². The Morgan fingerprint density at radius 1 is 1.12 bits per heavy atom. The highest BCUT2D eigenvalue weighted by Gasteiger charge is 2.48. The molecule has 0 spiro atoms. The SMILES string of the molecule is COc1cc([C@@H]2[C@H](Cl)C(=O)N2NC(=O)CC(=O)Nc2ccc([N+](=O)[O-])cc2)ccc1OC(C)=O. The van der Waals surface area contributed by atoms with Crippen molar-refractivity contribution < 1.29 is 33.6 Å². The maximum atomic E-state index is 12.3. The maximum Gasteiger partial charge on any atom is 0.308 e. The molecule has 2 aromatic carbocycles. The number of alkyl halides is 1. The van der Waals surface area contributed by atoms with E-state index in [1.165, 1.54) is 50.4 Å². The Kier molecular flexibility index (Phi) is 7.31. The minimum Gasteiger partial charge on any atom is -0.493 e. The summed E-state index contributed by atoms with van der Waals surface area (Å²) in [6.45, 7) is 1.24. The molecule has 3 rings (SSSR count). The second kappa shape index (κ2) is 10.2. The number of esters is 1. The van der Waals surface area contributed by atoms with E-state index in [1.807, 2.05) is 0 Å². The third-order valence-electron chi connectivity index (χ3n) is 4.74. The summed E-state index contributed by atoms with van der Waals surface area (Å²) in [6.07, 6.45) is -0.616. The number of non-ortho nitro benzene ring substituents is 1. The summed E-state index contributed by atoms with van der Waals surface area (Å²) in [5.74, 6) is -2.17. The monoisotopic (exact) mass is 490 g/mol. The van der Waals surface area contributed by atoms with Gasteiger partial charge in [0.2, 0.25) is 11.8 Å². The van der Waals surface area contributed by atoms with Crippen molar-refractivity contribution in [1.29, 1.82) is 0 Å². The minimum absolute atomic E-state index is 0.147. The van der Waals surface area contributed by atoms with E-state index in [0.717, 1.165) is 5.01 Å². The molecule has 1 aliphatic heterocycles. The van der Waals surface area contributed by atoms with Gasteiger partial charge in [0, 0.05) is 24.7 Å². The van der Waals surface area contributed by atoms with Gasteiger partial charge >= 0.3 is 5.97 Å². The van der Waals surface area contributed by atoms with Crippen LogP contribution >= 0.6 is 11.6 Å². The van der Waals surface area contributed by atoms with Crippen molar-refractivity contribution in [2.75, 3.05) is 12.4 Å². The van der Waals surface area contributed by atoms with Gasteiger partial charge < -0.3 is 14.8 Å². The molecule has 0 bridgehead atoms. The smallest absolute Gasteiger partial charge is 0.308 e. The molecular formula is C21H19ClN4O8. The lowest BCUT2D eigenvalue weighted by molar-refractivity contribution is -0.384. The topological polar surface area (TPSA) is 157 Å². The third kappa shape index (κ3) is 5.41. The van der Waals surface area contributed by atoms with Crippen LogP contribution in [0, 0.1) is 10.1 Å². The van der Waals surface area contributed by atoms with Crippen molar-refractivity contribution >= 4 is 46.7 Å². The zero-order chi connectivity index (χ0) is 25.0. The summed E-state index contributed by atoms with van der Waals surface area (Å²) < 4.78 is 10.3. The van der Waals surface area contributed by atoms with Crippen molar-refractivity contribution in [2.45, 2.75) is 24.8 Å². The van der Waals surface area contributed by atoms with E-state index >= 15 is 0 Å². The van der Waals surface area contributed by atoms with Crippen LogP contribution in [-0.4, -0.2) is 46.1 Å². The Labute approximate surface area is 197 Å². The number of β-lactam (4-membered cyclic amide) rings is 1. The summed E-state index contributed by atoms with van der Waals surface area (Å²) in [5, 5.41) is 13.2. The number of carbonyl (C=O) groups excluding carboxylic acids is 4. The number of anilines is 1. The van der Waals surface area contributed by atoms with Crippen LogP contribution in [0.3, 0.4) is 0 Å². The summed E-state index contributed by atoms with van der Waals surface area (Å²) in [5.41, 5.74) is 2.98. The predicted octanol–water partition coefficient (Wildman–Crippen LogP) is 2.08. The number of nitro benzene ring substituents is 1. The van der Waals surface area contributed by atoms with Crippen LogP contribution in [0.15, 0.2) is 42.5 Å². The quantitative estimate of drug-likeness (QED) is 0.108. The molecule has 1 heterocycles. The molecule has 2 N–H and O–H groups in total. The number of methoxy groups -OCH3 is 1. The molecule has 2 aromatic rings. The van der Waals surface area contributed by atoms with Crippen molar-refractivity contribution in [2.24, 2.45) is 0 Å². The van der Waals surface area contributed by atoms with Gasteiger partial charge in [-0.15, -0.1) is 11.6 Å². The molecule has 34 heavy (non-hydrogen) atoms. The first-order valence-corrected chi connectivity index (χ1v) is 10.2. The second-order valence-electron chi connectivity index (χ2n) is 7.12. The molecule has 0 saturated carbocycles. The van der Waals surface area contributed by atoms with Crippen LogP contribution in [0.25, 0.3) is 0 Å². The first kappa shape index (κ1) is 24.5. The number of hydrazine groups is 1. The highest BCUT2D eigenvalue weighted by Crippen LogP contribution is 2.40. The lowest BCUT2D eigenvalue weighted by Crippen LogP contribution is -2.63. The number of carbonyl (C=O) groups is 4. The van der Waals surface area contributed by atoms with E-state index in [2.05, 4.69) is 10.7 Å². The third-order valence-corrected chi connectivity index (χ3v) is 5.17. The first-order valence-electron chi connectivity index (χ1n) is 9.78. The van der Waals surface area contributed by atoms with Crippen molar-refractivity contribution in [1.82, 2.24) is 10.4 Å². The number of hydrogen-bond acceptors (Lipinski definition) is 8. The number of nitro groups is 1. The predicted molar refractivity (Wildman–Crippen MR) is 118 cm³/mol. The van der Waals surface area contributed by atoms with Gasteiger partial charge in [-0.05, 0) is 29.8 Å². The number of ether oxygens (including phenoxy) is 2. The van der Waals surface area contributed by atoms with E-state index in [0.29, 0.717) is 5.56 Å². The van der Waals surface area contributed by atoms with Crippen LogP contribution < -0.4 is 20.2 Å². The molecule has 1 saturated heterocycles. The van der Waals surface area contributed by atoms with Gasteiger partial charge in [-0.1, -0.05) is 6.07 Å².